The van der Waals surface area contributed by atoms with Gasteiger partial charge in [0.05, 0.1) is 0 Å². The molecule has 6 heteroatoms. The molecule has 2 aliphatic heterocycles. The smallest absolute Gasteiger partial charge is 0.297 e. The van der Waals surface area contributed by atoms with Crippen LogP contribution in [-0.4, -0.2) is 37.1 Å². The van der Waals surface area contributed by atoms with E-state index >= 15 is 0 Å². The number of rotatable bonds is 4. The number of carbonyl (C=O) groups excluding carboxylic acids is 1. The minimum atomic E-state index is 0.0944. The van der Waals surface area contributed by atoms with Gasteiger partial charge in [0.15, 0.2) is 5.58 Å². The second-order valence-electron chi connectivity index (χ2n) is 7.30. The van der Waals surface area contributed by atoms with Crippen LogP contribution in [0.4, 0.5) is 11.7 Å². The quantitative estimate of drug-likeness (QED) is 0.903. The van der Waals surface area contributed by atoms with E-state index < -0.39 is 0 Å². The van der Waals surface area contributed by atoms with Gasteiger partial charge in [0, 0.05) is 38.3 Å². The van der Waals surface area contributed by atoms with Crippen molar-refractivity contribution < 1.29 is 9.21 Å². The van der Waals surface area contributed by atoms with Crippen molar-refractivity contribution >= 4 is 28.7 Å². The van der Waals surface area contributed by atoms with Crippen molar-refractivity contribution in [1.29, 1.82) is 0 Å². The van der Waals surface area contributed by atoms with Gasteiger partial charge in [-0.15, -0.1) is 0 Å². The molecule has 2 aromatic rings. The van der Waals surface area contributed by atoms with Crippen LogP contribution in [-0.2, 0) is 4.79 Å². The van der Waals surface area contributed by atoms with Crippen LogP contribution in [0.15, 0.2) is 22.6 Å². The number of hydrogen-bond donors (Lipinski definition) is 2. The Morgan fingerprint density at radius 1 is 1.33 bits per heavy atom. The van der Waals surface area contributed by atoms with Crippen LogP contribution in [0, 0.1) is 5.92 Å². The molecule has 1 amide bonds. The van der Waals surface area contributed by atoms with Gasteiger partial charge in [-0.1, -0.05) is 0 Å². The first-order valence-corrected chi connectivity index (χ1v) is 8.70. The zero-order chi connectivity index (χ0) is 16.7. The molecule has 1 aromatic carbocycles. The largest absolute Gasteiger partial charge is 0.423 e. The minimum absolute atomic E-state index is 0.0944. The maximum Gasteiger partial charge on any atom is 0.297 e. The third-order valence-electron chi connectivity index (χ3n) is 5.09. The molecule has 0 aliphatic carbocycles. The van der Waals surface area contributed by atoms with Crippen molar-refractivity contribution in [2.75, 3.05) is 24.3 Å². The fourth-order valence-corrected chi connectivity index (χ4v) is 4.00. The third-order valence-corrected chi connectivity index (χ3v) is 5.09. The molecule has 0 saturated carbocycles. The molecule has 0 spiro atoms. The van der Waals surface area contributed by atoms with E-state index in [2.05, 4.69) is 15.6 Å². The topological polar surface area (TPSA) is 70.4 Å². The van der Waals surface area contributed by atoms with Crippen LogP contribution in [0.1, 0.15) is 32.1 Å². The summed E-state index contributed by atoms with van der Waals surface area (Å²) in [7, 11) is 3.78. The summed E-state index contributed by atoms with van der Waals surface area (Å²) in [5.74, 6) is 0.594. The summed E-state index contributed by atoms with van der Waals surface area (Å²) in [6, 6.07) is 7.41. The lowest BCUT2D eigenvalue weighted by molar-refractivity contribution is -0.117. The van der Waals surface area contributed by atoms with E-state index in [1.54, 1.807) is 0 Å². The molecule has 6 nitrogen and oxygen atoms in total. The Bertz CT molecular complexity index is 743. The summed E-state index contributed by atoms with van der Waals surface area (Å²) in [6.45, 7) is 0. The zero-order valence-electron chi connectivity index (χ0n) is 14.2. The van der Waals surface area contributed by atoms with Crippen LogP contribution in [0.25, 0.3) is 11.1 Å². The maximum absolute atomic E-state index is 12.4. The first-order valence-electron chi connectivity index (χ1n) is 8.70. The fraction of sp³-hybridized carbons (Fsp3) is 0.556. The van der Waals surface area contributed by atoms with Crippen LogP contribution in [0.2, 0.25) is 0 Å². The minimum Gasteiger partial charge on any atom is -0.423 e. The van der Waals surface area contributed by atoms with Crippen LogP contribution in [0.5, 0.6) is 0 Å². The molecule has 2 bridgehead atoms. The Balaban J connectivity index is 1.40. The van der Waals surface area contributed by atoms with E-state index in [1.807, 2.05) is 37.2 Å². The standard InChI is InChI=1S/C18H24N4O2/c1-22(2)18-21-15-10-14(5-6-16(15)24-18)20-17(23)9-11-7-12-3-4-13(8-11)19-12/h5-6,10-13,19H,3-4,7-9H2,1-2H3,(H,20,23). The number of fused-ring (bicyclic) bond motifs is 3. The molecule has 24 heavy (non-hydrogen) atoms. The molecule has 3 heterocycles. The predicted molar refractivity (Wildman–Crippen MR) is 94.3 cm³/mol. The van der Waals surface area contributed by atoms with Gasteiger partial charge in [-0.2, -0.15) is 4.98 Å². The van der Waals surface area contributed by atoms with Crippen LogP contribution in [0.3, 0.4) is 0 Å². The van der Waals surface area contributed by atoms with E-state index in [-0.39, 0.29) is 5.91 Å². The zero-order valence-corrected chi connectivity index (χ0v) is 14.2. The first-order chi connectivity index (χ1) is 11.6. The lowest BCUT2D eigenvalue weighted by atomic mass is 9.89. The molecule has 2 N–H and O–H groups in total. The molecule has 4 rings (SSSR count). The molecule has 128 valence electrons. The van der Waals surface area contributed by atoms with Crippen molar-refractivity contribution in [3.8, 4) is 0 Å². The van der Waals surface area contributed by atoms with E-state index in [0.29, 0.717) is 30.4 Å². The second-order valence-corrected chi connectivity index (χ2v) is 7.30. The molecular formula is C18H24N4O2. The molecule has 2 fully saturated rings. The molecule has 2 aliphatic rings. The number of carbonyl (C=O) groups is 1. The normalized spacial score (nSPS) is 25.8. The summed E-state index contributed by atoms with van der Waals surface area (Å²) in [5.41, 5.74) is 2.27. The van der Waals surface area contributed by atoms with Gasteiger partial charge in [0.25, 0.3) is 6.01 Å². The number of aromatic nitrogens is 1. The van der Waals surface area contributed by atoms with Gasteiger partial charge in [-0.05, 0) is 49.8 Å². The summed E-state index contributed by atoms with van der Waals surface area (Å²) < 4.78 is 5.64. The van der Waals surface area contributed by atoms with E-state index in [4.69, 9.17) is 4.42 Å². The van der Waals surface area contributed by atoms with Crippen molar-refractivity contribution in [1.82, 2.24) is 10.3 Å². The molecule has 2 saturated heterocycles. The Kier molecular flexibility index (Phi) is 3.92. The number of benzene rings is 1. The summed E-state index contributed by atoms with van der Waals surface area (Å²) in [6.07, 6.45) is 5.38. The molecule has 0 radical (unpaired) electrons. The monoisotopic (exact) mass is 328 g/mol. The highest BCUT2D eigenvalue weighted by Crippen LogP contribution is 2.33. The Hall–Kier alpha value is -2.08. The van der Waals surface area contributed by atoms with Crippen molar-refractivity contribution in [3.05, 3.63) is 18.2 Å². The first kappa shape index (κ1) is 15.4. The average Bonchev–Trinajstić information content (AvgIpc) is 3.10. The number of amides is 1. The van der Waals surface area contributed by atoms with Crippen molar-refractivity contribution in [2.45, 2.75) is 44.2 Å². The second kappa shape index (κ2) is 6.09. The number of piperidine rings is 1. The van der Waals surface area contributed by atoms with E-state index in [9.17, 15) is 4.79 Å². The highest BCUT2D eigenvalue weighted by Gasteiger charge is 2.34. The summed E-state index contributed by atoms with van der Waals surface area (Å²) in [5, 5.41) is 6.64. The molecule has 2 atom stereocenters. The highest BCUT2D eigenvalue weighted by atomic mass is 16.4. The lowest BCUT2D eigenvalue weighted by Crippen LogP contribution is -2.39. The van der Waals surface area contributed by atoms with Gasteiger partial charge in [-0.3, -0.25) is 4.79 Å². The third kappa shape index (κ3) is 3.11. The van der Waals surface area contributed by atoms with Crippen LogP contribution < -0.4 is 15.5 Å². The van der Waals surface area contributed by atoms with Gasteiger partial charge in [-0.25, -0.2) is 0 Å². The predicted octanol–water partition coefficient (Wildman–Crippen LogP) is 2.75. The molecule has 2 unspecified atom stereocenters. The summed E-state index contributed by atoms with van der Waals surface area (Å²) in [4.78, 5) is 18.6. The highest BCUT2D eigenvalue weighted by molar-refractivity contribution is 5.93. The van der Waals surface area contributed by atoms with E-state index in [0.717, 1.165) is 29.6 Å². The number of oxazole rings is 1. The molecular weight excluding hydrogens is 304 g/mol. The average molecular weight is 328 g/mol. The number of anilines is 2. The Labute approximate surface area is 141 Å². The van der Waals surface area contributed by atoms with Gasteiger partial charge in [0.1, 0.15) is 5.52 Å². The van der Waals surface area contributed by atoms with Gasteiger partial charge < -0.3 is 20.0 Å². The van der Waals surface area contributed by atoms with Crippen LogP contribution >= 0.6 is 0 Å². The Morgan fingerprint density at radius 3 is 2.79 bits per heavy atom. The van der Waals surface area contributed by atoms with Gasteiger partial charge in [0.2, 0.25) is 5.91 Å². The number of nitrogens with one attached hydrogen (secondary N) is 2. The fourth-order valence-electron chi connectivity index (χ4n) is 4.00. The molecule has 1 aromatic heterocycles. The Morgan fingerprint density at radius 2 is 2.08 bits per heavy atom. The van der Waals surface area contributed by atoms with Crippen molar-refractivity contribution in [2.24, 2.45) is 5.92 Å². The lowest BCUT2D eigenvalue weighted by Gasteiger charge is -2.28. The van der Waals surface area contributed by atoms with Crippen molar-refractivity contribution in [3.63, 3.8) is 0 Å². The van der Waals surface area contributed by atoms with Gasteiger partial charge >= 0.3 is 0 Å². The number of nitrogens with zero attached hydrogens (tertiary/aromatic N) is 2. The summed E-state index contributed by atoms with van der Waals surface area (Å²) >= 11 is 0. The van der Waals surface area contributed by atoms with E-state index in [1.165, 1.54) is 12.8 Å². The maximum atomic E-state index is 12.4. The SMILES string of the molecule is CN(C)c1nc2cc(NC(=O)CC3CC4CCC(C3)N4)ccc2o1. The number of hydrogen-bond acceptors (Lipinski definition) is 5.